The Labute approximate surface area is 88.1 Å². The number of amides is 1. The molecule has 0 bridgehead atoms. The number of alkyl carbamates (subject to hydrolysis) is 1. The molecule has 15 heavy (non-hydrogen) atoms. The fourth-order valence-corrected chi connectivity index (χ4v) is 1.56. The zero-order valence-electron chi connectivity index (χ0n) is 8.96. The van der Waals surface area contributed by atoms with Crippen LogP contribution in [0.15, 0.2) is 0 Å². The highest BCUT2D eigenvalue weighted by Crippen LogP contribution is 2.34. The molecule has 0 aromatic rings. The van der Waals surface area contributed by atoms with Crippen molar-refractivity contribution in [2.24, 2.45) is 0 Å². The molecule has 1 heterocycles. The van der Waals surface area contributed by atoms with Gasteiger partial charge in [-0.1, -0.05) is 0 Å². The van der Waals surface area contributed by atoms with Gasteiger partial charge in [-0.25, -0.2) is 9.18 Å². The van der Waals surface area contributed by atoms with Crippen molar-refractivity contribution in [3.63, 3.8) is 0 Å². The van der Waals surface area contributed by atoms with Gasteiger partial charge in [0.1, 0.15) is 0 Å². The number of rotatable bonds is 2. The van der Waals surface area contributed by atoms with E-state index < -0.39 is 24.5 Å². The van der Waals surface area contributed by atoms with E-state index in [1.54, 1.807) is 6.92 Å². The maximum absolute atomic E-state index is 13.4. The highest BCUT2D eigenvalue weighted by Gasteiger charge is 2.42. The number of carbonyl (C=O) groups is 1. The SMILES string of the molecule is C[C@H]1OC[C@@H](OC(=O)NC2(C)CC2)[C@@H]1F. The summed E-state index contributed by atoms with van der Waals surface area (Å²) in [6, 6.07) is 0. The second-order valence-electron chi connectivity index (χ2n) is 4.61. The monoisotopic (exact) mass is 217 g/mol. The van der Waals surface area contributed by atoms with E-state index in [4.69, 9.17) is 9.47 Å². The van der Waals surface area contributed by atoms with Crippen molar-refractivity contribution >= 4 is 6.09 Å². The van der Waals surface area contributed by atoms with Crippen molar-refractivity contribution in [3.05, 3.63) is 0 Å². The molecule has 0 aromatic heterocycles. The molecule has 0 radical (unpaired) electrons. The van der Waals surface area contributed by atoms with Crippen LogP contribution in [0.4, 0.5) is 9.18 Å². The summed E-state index contributed by atoms with van der Waals surface area (Å²) in [7, 11) is 0. The third-order valence-corrected chi connectivity index (χ3v) is 2.99. The van der Waals surface area contributed by atoms with Gasteiger partial charge in [0.15, 0.2) is 12.3 Å². The second kappa shape index (κ2) is 3.63. The number of alkyl halides is 1. The first kappa shape index (κ1) is 10.7. The Morgan fingerprint density at radius 1 is 1.60 bits per heavy atom. The van der Waals surface area contributed by atoms with Gasteiger partial charge in [-0.05, 0) is 26.7 Å². The lowest BCUT2D eigenvalue weighted by Gasteiger charge is -2.16. The number of nitrogens with one attached hydrogen (secondary N) is 1. The number of ether oxygens (including phenoxy) is 2. The normalized spacial score (nSPS) is 37.4. The van der Waals surface area contributed by atoms with E-state index in [-0.39, 0.29) is 12.1 Å². The molecule has 1 saturated carbocycles. The predicted molar refractivity (Wildman–Crippen MR) is 51.4 cm³/mol. The predicted octanol–water partition coefficient (Wildman–Crippen LogP) is 1.39. The lowest BCUT2D eigenvalue weighted by Crippen LogP contribution is -2.39. The molecule has 1 amide bonds. The van der Waals surface area contributed by atoms with Crippen LogP contribution in [0.2, 0.25) is 0 Å². The van der Waals surface area contributed by atoms with Crippen LogP contribution in [-0.2, 0) is 9.47 Å². The zero-order chi connectivity index (χ0) is 11.1. The maximum atomic E-state index is 13.4. The molecule has 2 rings (SSSR count). The fourth-order valence-electron chi connectivity index (χ4n) is 1.56. The maximum Gasteiger partial charge on any atom is 0.408 e. The van der Waals surface area contributed by atoms with Gasteiger partial charge in [-0.15, -0.1) is 0 Å². The van der Waals surface area contributed by atoms with Gasteiger partial charge in [-0.3, -0.25) is 0 Å². The van der Waals surface area contributed by atoms with Crippen LogP contribution in [-0.4, -0.2) is 36.6 Å². The van der Waals surface area contributed by atoms with Gasteiger partial charge >= 0.3 is 6.09 Å². The van der Waals surface area contributed by atoms with Crippen LogP contribution in [0.25, 0.3) is 0 Å². The minimum Gasteiger partial charge on any atom is -0.441 e. The van der Waals surface area contributed by atoms with E-state index in [1.165, 1.54) is 0 Å². The van der Waals surface area contributed by atoms with Crippen molar-refractivity contribution in [2.45, 2.75) is 50.6 Å². The Morgan fingerprint density at radius 2 is 2.27 bits per heavy atom. The van der Waals surface area contributed by atoms with Crippen LogP contribution >= 0.6 is 0 Å². The summed E-state index contributed by atoms with van der Waals surface area (Å²) in [4.78, 5) is 11.4. The lowest BCUT2D eigenvalue weighted by molar-refractivity contribution is 0.0607. The largest absolute Gasteiger partial charge is 0.441 e. The molecular weight excluding hydrogens is 201 g/mol. The molecule has 1 aliphatic heterocycles. The van der Waals surface area contributed by atoms with Crippen LogP contribution < -0.4 is 5.32 Å². The van der Waals surface area contributed by atoms with Gasteiger partial charge in [0.05, 0.1) is 12.7 Å². The Bertz CT molecular complexity index is 267. The number of carbonyl (C=O) groups excluding carboxylic acids is 1. The van der Waals surface area contributed by atoms with Crippen molar-refractivity contribution in [1.29, 1.82) is 0 Å². The van der Waals surface area contributed by atoms with Crippen molar-refractivity contribution in [2.75, 3.05) is 6.61 Å². The van der Waals surface area contributed by atoms with Gasteiger partial charge in [0, 0.05) is 5.54 Å². The van der Waals surface area contributed by atoms with E-state index in [0.717, 1.165) is 12.8 Å². The molecule has 3 atom stereocenters. The molecule has 86 valence electrons. The van der Waals surface area contributed by atoms with Gasteiger partial charge < -0.3 is 14.8 Å². The first-order valence-electron chi connectivity index (χ1n) is 5.25. The zero-order valence-corrected chi connectivity index (χ0v) is 8.96. The summed E-state index contributed by atoms with van der Waals surface area (Å²) in [5.41, 5.74) is -0.131. The Kier molecular flexibility index (Phi) is 2.58. The van der Waals surface area contributed by atoms with Gasteiger partial charge in [0.2, 0.25) is 0 Å². The van der Waals surface area contributed by atoms with E-state index in [1.807, 2.05) is 6.92 Å². The summed E-state index contributed by atoms with van der Waals surface area (Å²) in [5, 5.41) is 2.71. The molecule has 5 heteroatoms. The van der Waals surface area contributed by atoms with Crippen LogP contribution in [0.1, 0.15) is 26.7 Å². The topological polar surface area (TPSA) is 47.6 Å². The van der Waals surface area contributed by atoms with E-state index >= 15 is 0 Å². The van der Waals surface area contributed by atoms with E-state index in [2.05, 4.69) is 5.32 Å². The molecular formula is C10H16FNO3. The molecule has 1 saturated heterocycles. The number of halogens is 1. The summed E-state index contributed by atoms with van der Waals surface area (Å²) in [5.74, 6) is 0. The fraction of sp³-hybridized carbons (Fsp3) is 0.900. The summed E-state index contributed by atoms with van der Waals surface area (Å²) in [6.07, 6.45) is -1.10. The van der Waals surface area contributed by atoms with Gasteiger partial charge in [0.25, 0.3) is 0 Å². The first-order valence-corrected chi connectivity index (χ1v) is 5.25. The minimum absolute atomic E-state index is 0.131. The highest BCUT2D eigenvalue weighted by molar-refractivity contribution is 5.69. The average Bonchev–Trinajstić information content (AvgIpc) is 2.80. The van der Waals surface area contributed by atoms with Crippen LogP contribution in [0.3, 0.4) is 0 Å². The molecule has 2 aliphatic rings. The molecule has 0 unspecified atom stereocenters. The van der Waals surface area contributed by atoms with E-state index in [9.17, 15) is 9.18 Å². The molecule has 1 aliphatic carbocycles. The average molecular weight is 217 g/mol. The Hall–Kier alpha value is -0.840. The van der Waals surface area contributed by atoms with Crippen molar-refractivity contribution in [1.82, 2.24) is 5.32 Å². The van der Waals surface area contributed by atoms with Gasteiger partial charge in [-0.2, -0.15) is 0 Å². The molecule has 0 spiro atoms. The smallest absolute Gasteiger partial charge is 0.408 e. The quantitative estimate of drug-likeness (QED) is 0.760. The van der Waals surface area contributed by atoms with Crippen molar-refractivity contribution in [3.8, 4) is 0 Å². The first-order chi connectivity index (χ1) is 7.00. The van der Waals surface area contributed by atoms with Crippen molar-refractivity contribution < 1.29 is 18.7 Å². The third-order valence-electron chi connectivity index (χ3n) is 2.99. The third kappa shape index (κ3) is 2.40. The van der Waals surface area contributed by atoms with E-state index in [0.29, 0.717) is 0 Å². The summed E-state index contributed by atoms with van der Waals surface area (Å²) < 4.78 is 23.4. The van der Waals surface area contributed by atoms with Crippen LogP contribution in [0, 0.1) is 0 Å². The lowest BCUT2D eigenvalue weighted by atomic mass is 10.2. The molecule has 1 N–H and O–H groups in total. The molecule has 0 aromatic carbocycles. The minimum atomic E-state index is -1.22. The second-order valence-corrected chi connectivity index (χ2v) is 4.61. The number of hydrogen-bond acceptors (Lipinski definition) is 3. The molecule has 4 nitrogen and oxygen atoms in total. The summed E-state index contributed by atoms with van der Waals surface area (Å²) in [6.45, 7) is 3.72. The number of hydrogen-bond donors (Lipinski definition) is 1. The highest BCUT2D eigenvalue weighted by atomic mass is 19.1. The Balaban J connectivity index is 1.79. The van der Waals surface area contributed by atoms with Crippen LogP contribution in [0.5, 0.6) is 0 Å². The standard InChI is InChI=1S/C10H16FNO3/c1-6-8(11)7(5-14-6)15-9(13)12-10(2)3-4-10/h6-8H,3-5H2,1-2H3,(H,12,13)/t6-,7-,8-/m1/s1. The summed E-state index contributed by atoms with van der Waals surface area (Å²) >= 11 is 0. The Morgan fingerprint density at radius 3 is 2.73 bits per heavy atom. The molecule has 2 fully saturated rings.